The number of ether oxygens (including phenoxy) is 1. The van der Waals surface area contributed by atoms with Gasteiger partial charge in [0.15, 0.2) is 6.10 Å². The molecule has 0 saturated carbocycles. The van der Waals surface area contributed by atoms with Gasteiger partial charge in [-0.15, -0.1) is 0 Å². The first kappa shape index (κ1) is 22.1. The van der Waals surface area contributed by atoms with E-state index < -0.39 is 6.10 Å². The van der Waals surface area contributed by atoms with Crippen molar-refractivity contribution in [1.82, 2.24) is 10.6 Å². The van der Waals surface area contributed by atoms with Gasteiger partial charge in [-0.1, -0.05) is 25.1 Å². The van der Waals surface area contributed by atoms with Crippen LogP contribution in [0.15, 0.2) is 48.5 Å². The summed E-state index contributed by atoms with van der Waals surface area (Å²) < 4.78 is 5.86. The Labute approximate surface area is 182 Å². The molecule has 1 heterocycles. The number of benzene rings is 2. The molecule has 1 atom stereocenters. The number of nitrogens with zero attached hydrogens (tertiary/aromatic N) is 1. The molecule has 0 unspecified atom stereocenters. The minimum absolute atomic E-state index is 0.0450. The van der Waals surface area contributed by atoms with Gasteiger partial charge in [-0.05, 0) is 43.7 Å². The SMILES string of the molecule is CCCNC(=O)[C@@H]1CN(CC(=O)Nc2cccc(C(=O)NCC)c2)c2ccccc2O1. The highest BCUT2D eigenvalue weighted by atomic mass is 16.5. The van der Waals surface area contributed by atoms with E-state index in [1.165, 1.54) is 0 Å². The highest BCUT2D eigenvalue weighted by molar-refractivity contribution is 5.98. The molecule has 2 aromatic carbocycles. The second-order valence-electron chi connectivity index (χ2n) is 7.23. The van der Waals surface area contributed by atoms with Gasteiger partial charge in [0, 0.05) is 24.3 Å². The maximum absolute atomic E-state index is 12.8. The Kier molecular flexibility index (Phi) is 7.48. The highest BCUT2D eigenvalue weighted by Gasteiger charge is 2.31. The van der Waals surface area contributed by atoms with Crippen molar-refractivity contribution in [1.29, 1.82) is 0 Å². The molecule has 0 radical (unpaired) electrons. The number of amides is 3. The maximum Gasteiger partial charge on any atom is 0.262 e. The number of anilines is 2. The normalized spacial score (nSPS) is 14.8. The Hall–Kier alpha value is -3.55. The van der Waals surface area contributed by atoms with E-state index in [9.17, 15) is 14.4 Å². The molecular formula is C23H28N4O4. The van der Waals surface area contributed by atoms with E-state index in [-0.39, 0.29) is 30.8 Å². The Morgan fingerprint density at radius 1 is 1.06 bits per heavy atom. The van der Waals surface area contributed by atoms with Gasteiger partial charge in [0.2, 0.25) is 5.91 Å². The molecule has 0 aliphatic carbocycles. The van der Waals surface area contributed by atoms with E-state index in [2.05, 4.69) is 16.0 Å². The number of carbonyl (C=O) groups excluding carboxylic acids is 3. The molecule has 2 aromatic rings. The lowest BCUT2D eigenvalue weighted by molar-refractivity contribution is -0.128. The zero-order valence-corrected chi connectivity index (χ0v) is 17.8. The molecule has 1 aliphatic heterocycles. The lowest BCUT2D eigenvalue weighted by atomic mass is 10.1. The molecule has 0 aromatic heterocycles. The van der Waals surface area contributed by atoms with Gasteiger partial charge < -0.3 is 25.6 Å². The lowest BCUT2D eigenvalue weighted by Crippen LogP contribution is -2.50. The fourth-order valence-electron chi connectivity index (χ4n) is 3.33. The van der Waals surface area contributed by atoms with Crippen LogP contribution in [0, 0.1) is 0 Å². The predicted molar refractivity (Wildman–Crippen MR) is 119 cm³/mol. The fraction of sp³-hybridized carbons (Fsp3) is 0.348. The van der Waals surface area contributed by atoms with Gasteiger partial charge in [0.1, 0.15) is 5.75 Å². The molecule has 0 saturated heterocycles. The van der Waals surface area contributed by atoms with Crippen molar-refractivity contribution in [3.63, 3.8) is 0 Å². The largest absolute Gasteiger partial charge is 0.477 e. The molecular weight excluding hydrogens is 396 g/mol. The van der Waals surface area contributed by atoms with Crippen LogP contribution in [0.3, 0.4) is 0 Å². The summed E-state index contributed by atoms with van der Waals surface area (Å²) in [5, 5.41) is 8.42. The second kappa shape index (κ2) is 10.5. The van der Waals surface area contributed by atoms with Crippen LogP contribution in [0.4, 0.5) is 11.4 Å². The topological polar surface area (TPSA) is 99.8 Å². The van der Waals surface area contributed by atoms with Crippen molar-refractivity contribution in [3.8, 4) is 5.75 Å². The van der Waals surface area contributed by atoms with Crippen molar-refractivity contribution < 1.29 is 19.1 Å². The Morgan fingerprint density at radius 3 is 2.65 bits per heavy atom. The van der Waals surface area contributed by atoms with Gasteiger partial charge in [-0.25, -0.2) is 0 Å². The van der Waals surface area contributed by atoms with Gasteiger partial charge in [-0.2, -0.15) is 0 Å². The average molecular weight is 425 g/mol. The molecule has 3 rings (SSSR count). The van der Waals surface area contributed by atoms with E-state index in [4.69, 9.17) is 4.74 Å². The number of rotatable bonds is 8. The first-order valence-corrected chi connectivity index (χ1v) is 10.5. The minimum Gasteiger partial charge on any atom is -0.477 e. The lowest BCUT2D eigenvalue weighted by Gasteiger charge is -2.35. The molecule has 3 amide bonds. The fourth-order valence-corrected chi connectivity index (χ4v) is 3.33. The van der Waals surface area contributed by atoms with Crippen LogP contribution in [0.1, 0.15) is 30.6 Å². The molecule has 8 heteroatoms. The Morgan fingerprint density at radius 2 is 1.87 bits per heavy atom. The van der Waals surface area contributed by atoms with Gasteiger partial charge in [0.25, 0.3) is 11.8 Å². The molecule has 8 nitrogen and oxygen atoms in total. The smallest absolute Gasteiger partial charge is 0.262 e. The molecule has 3 N–H and O–H groups in total. The molecule has 31 heavy (non-hydrogen) atoms. The zero-order chi connectivity index (χ0) is 22.2. The van der Waals surface area contributed by atoms with Crippen molar-refractivity contribution in [2.24, 2.45) is 0 Å². The summed E-state index contributed by atoms with van der Waals surface area (Å²) in [6.07, 6.45) is 0.131. The minimum atomic E-state index is -0.699. The molecule has 0 fully saturated rings. The first-order chi connectivity index (χ1) is 15.0. The standard InChI is InChI=1S/C23H28N4O4/c1-3-12-25-23(30)20-14-27(18-10-5-6-11-19(18)31-20)15-21(28)26-17-9-7-8-16(13-17)22(29)24-4-2/h5-11,13,20H,3-4,12,14-15H2,1-2H3,(H,24,29)(H,25,30)(H,26,28)/t20-/m0/s1. The van der Waals surface area contributed by atoms with Crippen LogP contribution in [-0.2, 0) is 9.59 Å². The van der Waals surface area contributed by atoms with Crippen LogP contribution < -0.4 is 25.6 Å². The third-order valence-corrected chi connectivity index (χ3v) is 4.78. The number of para-hydroxylation sites is 2. The van der Waals surface area contributed by atoms with Crippen molar-refractivity contribution in [2.75, 3.05) is 36.4 Å². The molecule has 1 aliphatic rings. The summed E-state index contributed by atoms with van der Waals surface area (Å²) in [6, 6.07) is 14.1. The Bertz CT molecular complexity index is 947. The van der Waals surface area contributed by atoms with Crippen LogP contribution >= 0.6 is 0 Å². The maximum atomic E-state index is 12.8. The van der Waals surface area contributed by atoms with Crippen LogP contribution in [0.2, 0.25) is 0 Å². The van der Waals surface area contributed by atoms with Gasteiger partial charge >= 0.3 is 0 Å². The highest BCUT2D eigenvalue weighted by Crippen LogP contribution is 2.33. The third kappa shape index (κ3) is 5.75. The summed E-state index contributed by atoms with van der Waals surface area (Å²) in [4.78, 5) is 39.1. The third-order valence-electron chi connectivity index (χ3n) is 4.78. The number of nitrogens with one attached hydrogen (secondary N) is 3. The van der Waals surface area contributed by atoms with Crippen LogP contribution in [-0.4, -0.2) is 50.0 Å². The second-order valence-corrected chi connectivity index (χ2v) is 7.23. The van der Waals surface area contributed by atoms with Crippen molar-refractivity contribution >= 4 is 29.1 Å². The van der Waals surface area contributed by atoms with Gasteiger partial charge in [0.05, 0.1) is 18.8 Å². The van der Waals surface area contributed by atoms with E-state index in [1.807, 2.05) is 36.9 Å². The molecule has 164 valence electrons. The van der Waals surface area contributed by atoms with E-state index >= 15 is 0 Å². The number of hydrogen-bond donors (Lipinski definition) is 3. The van der Waals surface area contributed by atoms with Gasteiger partial charge in [-0.3, -0.25) is 14.4 Å². The Balaban J connectivity index is 1.70. The zero-order valence-electron chi connectivity index (χ0n) is 17.8. The molecule has 0 spiro atoms. The van der Waals surface area contributed by atoms with E-state index in [0.717, 1.165) is 12.1 Å². The summed E-state index contributed by atoms with van der Waals surface area (Å²) >= 11 is 0. The van der Waals surface area contributed by atoms with Crippen LogP contribution in [0.5, 0.6) is 5.75 Å². The van der Waals surface area contributed by atoms with E-state index in [0.29, 0.717) is 30.1 Å². The van der Waals surface area contributed by atoms with Crippen molar-refractivity contribution in [3.05, 3.63) is 54.1 Å². The number of hydrogen-bond acceptors (Lipinski definition) is 5. The average Bonchev–Trinajstić information content (AvgIpc) is 2.77. The summed E-state index contributed by atoms with van der Waals surface area (Å²) in [6.45, 7) is 5.23. The number of fused-ring (bicyclic) bond motifs is 1. The quantitative estimate of drug-likeness (QED) is 0.603. The monoisotopic (exact) mass is 424 g/mol. The summed E-state index contributed by atoms with van der Waals surface area (Å²) in [5.41, 5.74) is 1.77. The van der Waals surface area contributed by atoms with Crippen molar-refractivity contribution in [2.45, 2.75) is 26.4 Å². The predicted octanol–water partition coefficient (Wildman–Crippen LogP) is 2.17. The summed E-state index contributed by atoms with van der Waals surface area (Å²) in [7, 11) is 0. The van der Waals surface area contributed by atoms with E-state index in [1.54, 1.807) is 30.3 Å². The first-order valence-electron chi connectivity index (χ1n) is 10.5. The number of carbonyl (C=O) groups is 3. The summed E-state index contributed by atoms with van der Waals surface area (Å²) in [5.74, 6) is -0.0769. The van der Waals surface area contributed by atoms with Crippen LogP contribution in [0.25, 0.3) is 0 Å². The molecule has 0 bridgehead atoms.